The maximum atomic E-state index is 5.22. The zero-order valence-electron chi connectivity index (χ0n) is 7.57. The number of rotatable bonds is 3. The first-order valence-electron chi connectivity index (χ1n) is 4.34. The molecule has 2 rings (SSSR count). The van der Waals surface area contributed by atoms with Gasteiger partial charge in [0.15, 0.2) is 0 Å². The van der Waals surface area contributed by atoms with Gasteiger partial charge in [0, 0.05) is 19.3 Å². The molecule has 0 aromatic carbocycles. The molecule has 70 valence electrons. The minimum absolute atomic E-state index is 0.463. The Hall–Kier alpha value is -1.36. The van der Waals surface area contributed by atoms with Crippen LogP contribution in [0.2, 0.25) is 0 Å². The molecule has 0 radical (unpaired) electrons. The highest BCUT2D eigenvalue weighted by atomic mass is 15.3. The Morgan fingerprint density at radius 2 is 2.38 bits per heavy atom. The second-order valence-electron chi connectivity index (χ2n) is 3.22. The molecule has 1 heterocycles. The summed E-state index contributed by atoms with van der Waals surface area (Å²) < 4.78 is 0. The summed E-state index contributed by atoms with van der Waals surface area (Å²) in [7, 11) is 2.04. The molecule has 0 atom stereocenters. The van der Waals surface area contributed by atoms with Gasteiger partial charge < -0.3 is 4.90 Å². The summed E-state index contributed by atoms with van der Waals surface area (Å²) in [5, 5.41) is 0. The molecule has 0 saturated heterocycles. The molecule has 0 amide bonds. The smallest absolute Gasteiger partial charge is 0.239 e. The third-order valence-corrected chi connectivity index (χ3v) is 2.23. The standard InChI is InChI=1S/C8H13N5/c1-13(6-2-3-6)7-4-5-10-8(11-7)12-9/h4-6H,2-3,9H2,1H3,(H,10,11,12). The van der Waals surface area contributed by atoms with Crippen molar-refractivity contribution in [3.63, 3.8) is 0 Å². The minimum atomic E-state index is 0.463. The minimum Gasteiger partial charge on any atom is -0.357 e. The van der Waals surface area contributed by atoms with Crippen molar-refractivity contribution in [1.82, 2.24) is 9.97 Å². The van der Waals surface area contributed by atoms with Gasteiger partial charge in [-0.2, -0.15) is 4.98 Å². The number of nitrogens with zero attached hydrogens (tertiary/aromatic N) is 3. The summed E-state index contributed by atoms with van der Waals surface area (Å²) in [5.74, 6) is 6.60. The van der Waals surface area contributed by atoms with E-state index >= 15 is 0 Å². The second-order valence-corrected chi connectivity index (χ2v) is 3.22. The van der Waals surface area contributed by atoms with Gasteiger partial charge in [-0.05, 0) is 18.9 Å². The van der Waals surface area contributed by atoms with Crippen molar-refractivity contribution in [2.24, 2.45) is 5.84 Å². The second kappa shape index (κ2) is 3.18. The summed E-state index contributed by atoms with van der Waals surface area (Å²) in [6, 6.07) is 2.54. The number of hydrogen-bond acceptors (Lipinski definition) is 5. The van der Waals surface area contributed by atoms with Crippen molar-refractivity contribution in [3.8, 4) is 0 Å². The fraction of sp³-hybridized carbons (Fsp3) is 0.500. The SMILES string of the molecule is CN(c1ccnc(NN)n1)C1CC1. The van der Waals surface area contributed by atoms with Crippen LogP contribution in [-0.4, -0.2) is 23.1 Å². The van der Waals surface area contributed by atoms with E-state index in [1.807, 2.05) is 13.1 Å². The Morgan fingerprint density at radius 1 is 1.62 bits per heavy atom. The number of nitrogen functional groups attached to an aromatic ring is 1. The van der Waals surface area contributed by atoms with Gasteiger partial charge in [0.2, 0.25) is 5.95 Å². The van der Waals surface area contributed by atoms with E-state index in [-0.39, 0.29) is 0 Å². The van der Waals surface area contributed by atoms with Gasteiger partial charge in [-0.3, -0.25) is 5.43 Å². The first-order chi connectivity index (χ1) is 6.31. The van der Waals surface area contributed by atoms with Crippen LogP contribution < -0.4 is 16.2 Å². The normalized spacial score (nSPS) is 15.5. The van der Waals surface area contributed by atoms with Gasteiger partial charge >= 0.3 is 0 Å². The molecule has 5 nitrogen and oxygen atoms in total. The summed E-state index contributed by atoms with van der Waals surface area (Å²) in [5.41, 5.74) is 2.43. The highest BCUT2D eigenvalue weighted by Crippen LogP contribution is 2.28. The van der Waals surface area contributed by atoms with Crippen molar-refractivity contribution in [1.29, 1.82) is 0 Å². The fourth-order valence-corrected chi connectivity index (χ4v) is 1.26. The predicted octanol–water partition coefficient (Wildman–Crippen LogP) is 0.361. The van der Waals surface area contributed by atoms with E-state index in [4.69, 9.17) is 5.84 Å². The van der Waals surface area contributed by atoms with E-state index in [1.165, 1.54) is 12.8 Å². The van der Waals surface area contributed by atoms with Crippen LogP contribution in [0.3, 0.4) is 0 Å². The zero-order chi connectivity index (χ0) is 9.26. The maximum Gasteiger partial charge on any atom is 0.239 e. The third-order valence-electron chi connectivity index (χ3n) is 2.23. The fourth-order valence-electron chi connectivity index (χ4n) is 1.26. The van der Waals surface area contributed by atoms with E-state index in [9.17, 15) is 0 Å². The van der Waals surface area contributed by atoms with Crippen molar-refractivity contribution in [3.05, 3.63) is 12.3 Å². The van der Waals surface area contributed by atoms with E-state index in [2.05, 4.69) is 20.3 Å². The molecule has 1 aromatic heterocycles. The average Bonchev–Trinajstić information content (AvgIpc) is 3.00. The molecule has 3 N–H and O–H groups in total. The van der Waals surface area contributed by atoms with Gasteiger partial charge in [-0.15, -0.1) is 0 Å². The lowest BCUT2D eigenvalue weighted by atomic mass is 10.5. The van der Waals surface area contributed by atoms with Gasteiger partial charge in [-0.1, -0.05) is 0 Å². The first-order valence-corrected chi connectivity index (χ1v) is 4.34. The quantitative estimate of drug-likeness (QED) is 0.518. The molecular formula is C8H13N5. The van der Waals surface area contributed by atoms with Gasteiger partial charge in [0.25, 0.3) is 0 Å². The van der Waals surface area contributed by atoms with Crippen LogP contribution in [0.25, 0.3) is 0 Å². The molecular weight excluding hydrogens is 166 g/mol. The zero-order valence-corrected chi connectivity index (χ0v) is 7.57. The Balaban J connectivity index is 2.18. The number of aromatic nitrogens is 2. The van der Waals surface area contributed by atoms with Crippen LogP contribution in [-0.2, 0) is 0 Å². The number of hydrazine groups is 1. The molecule has 1 fully saturated rings. The van der Waals surface area contributed by atoms with E-state index in [0.29, 0.717) is 12.0 Å². The Bertz CT molecular complexity index is 296. The Labute approximate surface area is 76.9 Å². The summed E-state index contributed by atoms with van der Waals surface area (Å²) in [6.45, 7) is 0. The lowest BCUT2D eigenvalue weighted by Crippen LogP contribution is -2.21. The van der Waals surface area contributed by atoms with Crippen LogP contribution >= 0.6 is 0 Å². The van der Waals surface area contributed by atoms with Crippen molar-refractivity contribution >= 4 is 11.8 Å². The van der Waals surface area contributed by atoms with Crippen LogP contribution in [0.15, 0.2) is 12.3 Å². The average molecular weight is 179 g/mol. The number of nitrogens with one attached hydrogen (secondary N) is 1. The van der Waals surface area contributed by atoms with Gasteiger partial charge in [0.05, 0.1) is 0 Å². The highest BCUT2D eigenvalue weighted by Gasteiger charge is 2.27. The molecule has 0 spiro atoms. The molecule has 1 saturated carbocycles. The number of hydrogen-bond donors (Lipinski definition) is 2. The monoisotopic (exact) mass is 179 g/mol. The van der Waals surface area contributed by atoms with E-state index in [1.54, 1.807) is 6.20 Å². The van der Waals surface area contributed by atoms with Crippen LogP contribution in [0.1, 0.15) is 12.8 Å². The van der Waals surface area contributed by atoms with Crippen molar-refractivity contribution < 1.29 is 0 Å². The van der Waals surface area contributed by atoms with Crippen LogP contribution in [0, 0.1) is 0 Å². The molecule has 1 aliphatic rings. The molecule has 13 heavy (non-hydrogen) atoms. The Morgan fingerprint density at radius 3 is 3.00 bits per heavy atom. The largest absolute Gasteiger partial charge is 0.357 e. The van der Waals surface area contributed by atoms with Gasteiger partial charge in [0.1, 0.15) is 5.82 Å². The summed E-state index contributed by atoms with van der Waals surface area (Å²) in [4.78, 5) is 10.3. The Kier molecular flexibility index (Phi) is 2.02. The molecule has 1 aromatic rings. The van der Waals surface area contributed by atoms with Crippen LogP contribution in [0.4, 0.5) is 11.8 Å². The molecule has 0 aliphatic heterocycles. The van der Waals surface area contributed by atoms with Gasteiger partial charge in [-0.25, -0.2) is 10.8 Å². The first kappa shape index (κ1) is 8.25. The highest BCUT2D eigenvalue weighted by molar-refractivity contribution is 5.43. The van der Waals surface area contributed by atoms with Crippen molar-refractivity contribution in [2.75, 3.05) is 17.4 Å². The molecule has 0 bridgehead atoms. The van der Waals surface area contributed by atoms with Crippen molar-refractivity contribution in [2.45, 2.75) is 18.9 Å². The number of nitrogens with two attached hydrogens (primary N) is 1. The molecule has 0 unspecified atom stereocenters. The predicted molar refractivity (Wildman–Crippen MR) is 51.3 cm³/mol. The lowest BCUT2D eigenvalue weighted by molar-refractivity contribution is 0.885. The molecule has 1 aliphatic carbocycles. The number of anilines is 2. The summed E-state index contributed by atoms with van der Waals surface area (Å²) in [6.07, 6.45) is 4.22. The molecule has 5 heteroatoms. The lowest BCUT2D eigenvalue weighted by Gasteiger charge is -2.17. The topological polar surface area (TPSA) is 67.1 Å². The van der Waals surface area contributed by atoms with Crippen LogP contribution in [0.5, 0.6) is 0 Å². The summed E-state index contributed by atoms with van der Waals surface area (Å²) >= 11 is 0. The maximum absolute atomic E-state index is 5.22. The third kappa shape index (κ3) is 1.70. The van der Waals surface area contributed by atoms with E-state index < -0.39 is 0 Å². The van der Waals surface area contributed by atoms with E-state index in [0.717, 1.165) is 5.82 Å².